The zero-order valence-corrected chi connectivity index (χ0v) is 8.53. The fourth-order valence-corrected chi connectivity index (χ4v) is 2.14. The Morgan fingerprint density at radius 1 is 1.57 bits per heavy atom. The van der Waals surface area contributed by atoms with Crippen LogP contribution >= 0.6 is 0 Å². The molecule has 1 aromatic rings. The van der Waals surface area contributed by atoms with Gasteiger partial charge in [-0.3, -0.25) is 0 Å². The Labute approximate surface area is 83.8 Å². The minimum Gasteiger partial charge on any atom is -0.394 e. The highest BCUT2D eigenvalue weighted by atomic mass is 16.3. The van der Waals surface area contributed by atoms with Gasteiger partial charge < -0.3 is 15.4 Å². The average molecular weight is 195 g/mol. The van der Waals surface area contributed by atoms with Gasteiger partial charge in [-0.1, -0.05) is 0 Å². The van der Waals surface area contributed by atoms with Gasteiger partial charge in [0, 0.05) is 12.2 Å². The first-order valence-corrected chi connectivity index (χ1v) is 5.16. The van der Waals surface area contributed by atoms with E-state index in [1.807, 2.05) is 6.92 Å². The number of aliphatic hydroxyl groups excluding tert-OH is 1. The molecule has 1 aromatic heterocycles. The van der Waals surface area contributed by atoms with Gasteiger partial charge in [0.05, 0.1) is 18.3 Å². The Morgan fingerprint density at radius 3 is 3.07 bits per heavy atom. The van der Waals surface area contributed by atoms with Crippen molar-refractivity contribution in [3.63, 3.8) is 0 Å². The van der Waals surface area contributed by atoms with Crippen LogP contribution in [0.15, 0.2) is 0 Å². The summed E-state index contributed by atoms with van der Waals surface area (Å²) in [6.07, 6.45) is 3.47. The Hall–Kier alpha value is -0.870. The highest BCUT2D eigenvalue weighted by Gasteiger charge is 2.21. The van der Waals surface area contributed by atoms with Crippen molar-refractivity contribution in [3.8, 4) is 0 Å². The SMILES string of the molecule is Cc1nc(C(N)CO)c2n1CCCC2. The first-order chi connectivity index (χ1) is 6.74. The third-order valence-electron chi connectivity index (χ3n) is 2.89. The van der Waals surface area contributed by atoms with E-state index in [-0.39, 0.29) is 12.6 Å². The molecule has 2 rings (SSSR count). The molecule has 0 aliphatic carbocycles. The van der Waals surface area contributed by atoms with Crippen LogP contribution in [0.5, 0.6) is 0 Å². The molecule has 4 heteroatoms. The second-order valence-corrected chi connectivity index (χ2v) is 3.89. The Morgan fingerprint density at radius 2 is 2.36 bits per heavy atom. The van der Waals surface area contributed by atoms with Crippen LogP contribution < -0.4 is 5.73 Å². The molecule has 0 spiro atoms. The number of nitrogens with two attached hydrogens (primary N) is 1. The highest BCUT2D eigenvalue weighted by molar-refractivity contribution is 5.21. The maximum atomic E-state index is 9.02. The molecule has 1 aliphatic heterocycles. The number of hydrogen-bond donors (Lipinski definition) is 2. The first kappa shape index (κ1) is 9.68. The van der Waals surface area contributed by atoms with E-state index >= 15 is 0 Å². The molecule has 1 atom stereocenters. The number of aromatic nitrogens is 2. The lowest BCUT2D eigenvalue weighted by Crippen LogP contribution is -2.19. The second-order valence-electron chi connectivity index (χ2n) is 3.89. The lowest BCUT2D eigenvalue weighted by Gasteiger charge is -2.17. The molecule has 0 bridgehead atoms. The monoisotopic (exact) mass is 195 g/mol. The molecule has 0 amide bonds. The number of hydrogen-bond acceptors (Lipinski definition) is 3. The quantitative estimate of drug-likeness (QED) is 0.723. The third-order valence-corrected chi connectivity index (χ3v) is 2.89. The van der Waals surface area contributed by atoms with Crippen molar-refractivity contribution < 1.29 is 5.11 Å². The average Bonchev–Trinajstić information content (AvgIpc) is 2.56. The molecule has 4 nitrogen and oxygen atoms in total. The van der Waals surface area contributed by atoms with E-state index in [1.165, 1.54) is 18.5 Å². The normalized spacial score (nSPS) is 17.9. The van der Waals surface area contributed by atoms with E-state index in [4.69, 9.17) is 10.8 Å². The minimum atomic E-state index is -0.317. The lowest BCUT2D eigenvalue weighted by molar-refractivity contribution is 0.265. The van der Waals surface area contributed by atoms with Gasteiger partial charge in [-0.05, 0) is 26.2 Å². The molecule has 14 heavy (non-hydrogen) atoms. The third kappa shape index (κ3) is 1.44. The van der Waals surface area contributed by atoms with Crippen LogP contribution in [0.3, 0.4) is 0 Å². The van der Waals surface area contributed by atoms with Gasteiger partial charge in [0.25, 0.3) is 0 Å². The summed E-state index contributed by atoms with van der Waals surface area (Å²) in [5, 5.41) is 9.02. The topological polar surface area (TPSA) is 64.1 Å². The van der Waals surface area contributed by atoms with Gasteiger partial charge in [0.15, 0.2) is 0 Å². The molecule has 3 N–H and O–H groups in total. The summed E-state index contributed by atoms with van der Waals surface area (Å²) >= 11 is 0. The largest absolute Gasteiger partial charge is 0.394 e. The van der Waals surface area contributed by atoms with E-state index in [1.54, 1.807) is 0 Å². The zero-order valence-electron chi connectivity index (χ0n) is 8.53. The van der Waals surface area contributed by atoms with Gasteiger partial charge in [-0.15, -0.1) is 0 Å². The summed E-state index contributed by atoms with van der Waals surface area (Å²) in [6, 6.07) is -0.317. The highest BCUT2D eigenvalue weighted by Crippen LogP contribution is 2.23. The fourth-order valence-electron chi connectivity index (χ4n) is 2.14. The van der Waals surface area contributed by atoms with E-state index < -0.39 is 0 Å². The van der Waals surface area contributed by atoms with E-state index in [2.05, 4.69) is 9.55 Å². The van der Waals surface area contributed by atoms with Crippen molar-refractivity contribution in [1.82, 2.24) is 9.55 Å². The van der Waals surface area contributed by atoms with Crippen LogP contribution in [0.2, 0.25) is 0 Å². The van der Waals surface area contributed by atoms with E-state index in [0.29, 0.717) is 0 Å². The maximum Gasteiger partial charge on any atom is 0.106 e. The van der Waals surface area contributed by atoms with Crippen molar-refractivity contribution in [3.05, 3.63) is 17.2 Å². The van der Waals surface area contributed by atoms with E-state index in [9.17, 15) is 0 Å². The summed E-state index contributed by atoms with van der Waals surface area (Å²) < 4.78 is 2.23. The molecule has 0 aromatic carbocycles. The van der Waals surface area contributed by atoms with Gasteiger partial charge in [-0.2, -0.15) is 0 Å². The van der Waals surface area contributed by atoms with Crippen LogP contribution in [-0.4, -0.2) is 21.3 Å². The fraction of sp³-hybridized carbons (Fsp3) is 0.700. The van der Waals surface area contributed by atoms with Crippen molar-refractivity contribution in [2.45, 2.75) is 38.8 Å². The lowest BCUT2D eigenvalue weighted by atomic mass is 10.1. The zero-order chi connectivity index (χ0) is 10.1. The minimum absolute atomic E-state index is 0.0244. The van der Waals surface area contributed by atoms with Crippen LogP contribution in [-0.2, 0) is 13.0 Å². The molecule has 0 radical (unpaired) electrons. The number of nitrogens with zero attached hydrogens (tertiary/aromatic N) is 2. The molecule has 1 unspecified atom stereocenters. The van der Waals surface area contributed by atoms with Gasteiger partial charge in [0.2, 0.25) is 0 Å². The summed E-state index contributed by atoms with van der Waals surface area (Å²) in [6.45, 7) is 3.03. The number of aliphatic hydroxyl groups is 1. The second kappa shape index (κ2) is 3.71. The van der Waals surface area contributed by atoms with Crippen LogP contribution in [0.4, 0.5) is 0 Å². The standard InChI is InChI=1S/C10H17N3O/c1-7-12-10(8(11)6-14)9-4-2-3-5-13(7)9/h8,14H,2-6,11H2,1H3. The summed E-state index contributed by atoms with van der Waals surface area (Å²) in [7, 11) is 0. The summed E-state index contributed by atoms with van der Waals surface area (Å²) in [4.78, 5) is 4.44. The first-order valence-electron chi connectivity index (χ1n) is 5.16. The van der Waals surface area contributed by atoms with Crippen molar-refractivity contribution in [1.29, 1.82) is 0 Å². The molecular formula is C10H17N3O. The van der Waals surface area contributed by atoms with Crippen molar-refractivity contribution in [2.75, 3.05) is 6.61 Å². The van der Waals surface area contributed by atoms with Crippen molar-refractivity contribution >= 4 is 0 Å². The number of aryl methyl sites for hydroxylation is 1. The van der Waals surface area contributed by atoms with Gasteiger partial charge in [0.1, 0.15) is 5.82 Å². The Bertz CT molecular complexity index is 332. The number of rotatable bonds is 2. The smallest absolute Gasteiger partial charge is 0.106 e. The molecule has 78 valence electrons. The van der Waals surface area contributed by atoms with Gasteiger partial charge >= 0.3 is 0 Å². The predicted octanol–water partition coefficient (Wildman–Crippen LogP) is 0.520. The summed E-state index contributed by atoms with van der Waals surface area (Å²) in [5.74, 6) is 1.03. The molecule has 0 saturated carbocycles. The molecular weight excluding hydrogens is 178 g/mol. The predicted molar refractivity (Wildman–Crippen MR) is 53.9 cm³/mol. The van der Waals surface area contributed by atoms with Crippen LogP contribution in [0.1, 0.15) is 36.1 Å². The molecule has 2 heterocycles. The van der Waals surface area contributed by atoms with Gasteiger partial charge in [-0.25, -0.2) is 4.98 Å². The number of fused-ring (bicyclic) bond motifs is 1. The Balaban J connectivity index is 2.41. The number of imidazole rings is 1. The molecule has 1 aliphatic rings. The Kier molecular flexibility index (Phi) is 2.56. The molecule has 0 saturated heterocycles. The van der Waals surface area contributed by atoms with Crippen LogP contribution in [0.25, 0.3) is 0 Å². The maximum absolute atomic E-state index is 9.02. The summed E-state index contributed by atoms with van der Waals surface area (Å²) in [5.41, 5.74) is 7.93. The van der Waals surface area contributed by atoms with Crippen molar-refractivity contribution in [2.24, 2.45) is 5.73 Å². The van der Waals surface area contributed by atoms with Crippen LogP contribution in [0, 0.1) is 6.92 Å². The van der Waals surface area contributed by atoms with E-state index in [0.717, 1.165) is 24.5 Å². The molecule has 0 fully saturated rings.